The number of nitrogens with two attached hydrogens (primary N) is 1. The van der Waals surface area contributed by atoms with E-state index in [1.54, 1.807) is 0 Å². The van der Waals surface area contributed by atoms with Crippen molar-refractivity contribution in [3.63, 3.8) is 0 Å². The summed E-state index contributed by atoms with van der Waals surface area (Å²) in [6.45, 7) is 0. The second-order valence-corrected chi connectivity index (χ2v) is 5.17. The third kappa shape index (κ3) is 4.16. The maximum atomic E-state index is 13.4. The predicted octanol–water partition coefficient (Wildman–Crippen LogP) is 3.42. The summed E-state index contributed by atoms with van der Waals surface area (Å²) in [5.74, 6) is -2.45. The maximum absolute atomic E-state index is 13.4. The highest BCUT2D eigenvalue weighted by molar-refractivity contribution is 8.00. The number of rotatable bonds is 4. The van der Waals surface area contributed by atoms with Crippen molar-refractivity contribution in [1.29, 1.82) is 0 Å². The van der Waals surface area contributed by atoms with Crippen LogP contribution in [0.25, 0.3) is 0 Å². The lowest BCUT2D eigenvalue weighted by molar-refractivity contribution is -0.113. The van der Waals surface area contributed by atoms with Gasteiger partial charge in [-0.05, 0) is 30.3 Å². The van der Waals surface area contributed by atoms with E-state index in [4.69, 9.17) is 5.73 Å². The van der Waals surface area contributed by atoms with Gasteiger partial charge in [-0.25, -0.2) is 13.2 Å². The highest BCUT2D eigenvalue weighted by atomic mass is 32.2. The summed E-state index contributed by atoms with van der Waals surface area (Å²) in [4.78, 5) is 11.9. The third-order valence-corrected chi connectivity index (χ3v) is 3.58. The quantitative estimate of drug-likeness (QED) is 0.672. The highest BCUT2D eigenvalue weighted by Crippen LogP contribution is 2.23. The van der Waals surface area contributed by atoms with Gasteiger partial charge in [0.25, 0.3) is 0 Å². The van der Waals surface area contributed by atoms with Crippen molar-refractivity contribution < 1.29 is 18.0 Å². The molecule has 1 amide bonds. The molecule has 3 N–H and O–H groups in total. The number of benzene rings is 2. The van der Waals surface area contributed by atoms with Gasteiger partial charge in [-0.3, -0.25) is 4.79 Å². The molecule has 21 heavy (non-hydrogen) atoms. The minimum Gasteiger partial charge on any atom is -0.396 e. The van der Waals surface area contributed by atoms with Crippen LogP contribution in [-0.2, 0) is 4.79 Å². The van der Waals surface area contributed by atoms with E-state index in [2.05, 4.69) is 5.32 Å². The van der Waals surface area contributed by atoms with E-state index < -0.39 is 23.4 Å². The number of carbonyl (C=O) groups is 1. The molecule has 0 aliphatic carbocycles. The number of thioether (sulfide) groups is 1. The standard InChI is InChI=1S/C14H11F3N2OS/c15-8-1-4-13(11(17)5-8)21-7-14(20)19-9-2-3-10(16)12(18)6-9/h1-6H,7,18H2,(H,19,20). The molecule has 0 aromatic heterocycles. The molecule has 0 saturated carbocycles. The van der Waals surface area contributed by atoms with Crippen molar-refractivity contribution in [3.8, 4) is 0 Å². The van der Waals surface area contributed by atoms with E-state index in [9.17, 15) is 18.0 Å². The Morgan fingerprint density at radius 3 is 2.52 bits per heavy atom. The van der Waals surface area contributed by atoms with Gasteiger partial charge in [0.05, 0.1) is 11.4 Å². The summed E-state index contributed by atoms with van der Waals surface area (Å²) < 4.78 is 39.1. The second-order valence-electron chi connectivity index (χ2n) is 4.15. The minimum atomic E-state index is -0.723. The highest BCUT2D eigenvalue weighted by Gasteiger charge is 2.09. The van der Waals surface area contributed by atoms with E-state index in [1.807, 2.05) is 0 Å². The van der Waals surface area contributed by atoms with E-state index in [0.717, 1.165) is 30.0 Å². The van der Waals surface area contributed by atoms with Gasteiger partial charge in [-0.15, -0.1) is 11.8 Å². The molecule has 0 aliphatic rings. The number of nitrogens with one attached hydrogen (secondary N) is 1. The van der Waals surface area contributed by atoms with E-state index in [-0.39, 0.29) is 16.3 Å². The zero-order valence-electron chi connectivity index (χ0n) is 10.7. The number of nitrogen functional groups attached to an aromatic ring is 1. The van der Waals surface area contributed by atoms with Crippen molar-refractivity contribution in [3.05, 3.63) is 53.8 Å². The molecular formula is C14H11F3N2OS. The van der Waals surface area contributed by atoms with Crippen molar-refractivity contribution in [2.75, 3.05) is 16.8 Å². The second kappa shape index (κ2) is 6.53. The summed E-state index contributed by atoms with van der Waals surface area (Å²) in [5, 5.41) is 2.51. The van der Waals surface area contributed by atoms with Crippen molar-refractivity contribution in [1.82, 2.24) is 0 Å². The number of carbonyl (C=O) groups excluding carboxylic acids is 1. The monoisotopic (exact) mass is 312 g/mol. The molecule has 0 unspecified atom stereocenters. The Kier molecular flexibility index (Phi) is 4.74. The van der Waals surface area contributed by atoms with Crippen LogP contribution in [0, 0.1) is 17.5 Å². The van der Waals surface area contributed by atoms with Gasteiger partial charge in [-0.2, -0.15) is 0 Å². The molecule has 2 rings (SSSR count). The predicted molar refractivity (Wildman–Crippen MR) is 76.5 cm³/mol. The fourth-order valence-electron chi connectivity index (χ4n) is 1.55. The maximum Gasteiger partial charge on any atom is 0.234 e. The molecule has 0 radical (unpaired) electrons. The lowest BCUT2D eigenvalue weighted by Crippen LogP contribution is -2.14. The number of amides is 1. The molecule has 110 valence electrons. The summed E-state index contributed by atoms with van der Waals surface area (Å²) in [6, 6.07) is 6.92. The van der Waals surface area contributed by atoms with Crippen molar-refractivity contribution >= 4 is 29.0 Å². The van der Waals surface area contributed by atoms with Crippen LogP contribution in [0.5, 0.6) is 0 Å². The molecule has 0 saturated heterocycles. The molecule has 2 aromatic carbocycles. The fourth-order valence-corrected chi connectivity index (χ4v) is 2.27. The van der Waals surface area contributed by atoms with Crippen LogP contribution < -0.4 is 11.1 Å². The largest absolute Gasteiger partial charge is 0.396 e. The molecule has 0 bridgehead atoms. The van der Waals surface area contributed by atoms with Crippen molar-refractivity contribution in [2.45, 2.75) is 4.90 Å². The topological polar surface area (TPSA) is 55.1 Å². The van der Waals surface area contributed by atoms with E-state index in [1.165, 1.54) is 18.2 Å². The van der Waals surface area contributed by atoms with Crippen LogP contribution in [0.1, 0.15) is 0 Å². The van der Waals surface area contributed by atoms with E-state index in [0.29, 0.717) is 5.69 Å². The minimum absolute atomic E-state index is 0.0696. The summed E-state index contributed by atoms with van der Waals surface area (Å²) in [6.07, 6.45) is 0. The SMILES string of the molecule is Nc1cc(NC(=O)CSc2ccc(F)cc2F)ccc1F. The number of hydrogen-bond acceptors (Lipinski definition) is 3. The molecule has 0 fully saturated rings. The molecule has 2 aromatic rings. The molecule has 0 aliphatic heterocycles. The van der Waals surface area contributed by atoms with Gasteiger partial charge in [-0.1, -0.05) is 0 Å². The van der Waals surface area contributed by atoms with Gasteiger partial charge in [0.15, 0.2) is 0 Å². The molecule has 3 nitrogen and oxygen atoms in total. The summed E-state index contributed by atoms with van der Waals surface area (Å²) in [5.41, 5.74) is 5.65. The van der Waals surface area contributed by atoms with Crippen LogP contribution in [0.4, 0.5) is 24.5 Å². The van der Waals surface area contributed by atoms with Gasteiger partial charge in [0, 0.05) is 16.6 Å². The number of anilines is 2. The first-order valence-corrected chi connectivity index (χ1v) is 6.87. The van der Waals surface area contributed by atoms with Gasteiger partial charge in [0.1, 0.15) is 17.5 Å². The Bertz CT molecular complexity index is 679. The molecule has 7 heteroatoms. The van der Waals surface area contributed by atoms with Crippen LogP contribution in [0.15, 0.2) is 41.3 Å². The average molecular weight is 312 g/mol. The number of hydrogen-bond donors (Lipinski definition) is 2. The first-order valence-electron chi connectivity index (χ1n) is 5.88. The van der Waals surface area contributed by atoms with Gasteiger partial charge in [0.2, 0.25) is 5.91 Å². The van der Waals surface area contributed by atoms with Crippen LogP contribution in [0.3, 0.4) is 0 Å². The van der Waals surface area contributed by atoms with Crippen LogP contribution in [-0.4, -0.2) is 11.7 Å². The Labute approximate surface area is 123 Å². The van der Waals surface area contributed by atoms with Crippen LogP contribution in [0.2, 0.25) is 0 Å². The smallest absolute Gasteiger partial charge is 0.234 e. The van der Waals surface area contributed by atoms with Crippen molar-refractivity contribution in [2.24, 2.45) is 0 Å². The number of halogens is 3. The summed E-state index contributed by atoms with van der Waals surface area (Å²) in [7, 11) is 0. The average Bonchev–Trinajstić information content (AvgIpc) is 2.42. The first-order chi connectivity index (χ1) is 9.95. The molecule has 0 heterocycles. The Morgan fingerprint density at radius 1 is 1.10 bits per heavy atom. The lowest BCUT2D eigenvalue weighted by Gasteiger charge is -2.07. The van der Waals surface area contributed by atoms with Gasteiger partial charge < -0.3 is 11.1 Å². The first kappa shape index (κ1) is 15.2. The molecular weight excluding hydrogens is 301 g/mol. The zero-order valence-corrected chi connectivity index (χ0v) is 11.5. The van der Waals surface area contributed by atoms with E-state index >= 15 is 0 Å². The van der Waals surface area contributed by atoms with Gasteiger partial charge >= 0.3 is 0 Å². The Balaban J connectivity index is 1.94. The van der Waals surface area contributed by atoms with Crippen LogP contribution >= 0.6 is 11.8 Å². The third-order valence-electron chi connectivity index (χ3n) is 2.53. The summed E-state index contributed by atoms with van der Waals surface area (Å²) >= 11 is 0.931. The molecule has 0 atom stereocenters. The zero-order chi connectivity index (χ0) is 15.4. The Morgan fingerprint density at radius 2 is 1.86 bits per heavy atom. The Hall–Kier alpha value is -2.15. The fraction of sp³-hybridized carbons (Fsp3) is 0.0714. The lowest BCUT2D eigenvalue weighted by atomic mass is 10.2. The molecule has 0 spiro atoms. The normalized spacial score (nSPS) is 10.4.